The van der Waals surface area contributed by atoms with Crippen molar-refractivity contribution in [1.82, 2.24) is 4.90 Å². The van der Waals surface area contributed by atoms with Gasteiger partial charge >= 0.3 is 0 Å². The number of nitrogen functional groups attached to an aromatic ring is 1. The highest BCUT2D eigenvalue weighted by atomic mass is 35.5. The van der Waals surface area contributed by atoms with Gasteiger partial charge in [-0.15, -0.1) is 12.4 Å². The van der Waals surface area contributed by atoms with Crippen LogP contribution in [0.3, 0.4) is 0 Å². The van der Waals surface area contributed by atoms with Gasteiger partial charge in [0.05, 0.1) is 36.6 Å². The molecule has 0 unspecified atom stereocenters. The fourth-order valence-electron chi connectivity index (χ4n) is 1.79. The van der Waals surface area contributed by atoms with E-state index in [0.717, 1.165) is 0 Å². The van der Waals surface area contributed by atoms with Gasteiger partial charge in [0.2, 0.25) is 0 Å². The summed E-state index contributed by atoms with van der Waals surface area (Å²) in [7, 11) is 4.65. The number of benzene rings is 1. The molecule has 0 aliphatic heterocycles. The summed E-state index contributed by atoms with van der Waals surface area (Å²) in [6, 6.07) is 3.06. The summed E-state index contributed by atoms with van der Waals surface area (Å²) >= 11 is 6.00. The van der Waals surface area contributed by atoms with Crippen molar-refractivity contribution in [3.63, 3.8) is 0 Å². The molecule has 0 aromatic heterocycles. The highest BCUT2D eigenvalue weighted by molar-refractivity contribution is 6.33. The molecule has 2 N–H and O–H groups in total. The molecule has 1 aromatic carbocycles. The number of carbonyl (C=O) groups excluding carboxylic acids is 1. The van der Waals surface area contributed by atoms with E-state index in [0.29, 0.717) is 48.3 Å². The van der Waals surface area contributed by atoms with Crippen LogP contribution in [0.25, 0.3) is 0 Å². The number of carbonyl (C=O) groups is 1. The number of halogens is 2. The van der Waals surface area contributed by atoms with E-state index < -0.39 is 0 Å². The van der Waals surface area contributed by atoms with Crippen molar-refractivity contribution in [3.05, 3.63) is 22.7 Å². The van der Waals surface area contributed by atoms with Crippen LogP contribution in [0.2, 0.25) is 5.02 Å². The molecule has 0 radical (unpaired) electrons. The molecular weight excluding hydrogens is 331 g/mol. The molecule has 0 aliphatic carbocycles. The van der Waals surface area contributed by atoms with Crippen LogP contribution in [-0.2, 0) is 9.47 Å². The lowest BCUT2D eigenvalue weighted by Gasteiger charge is -2.23. The Bertz CT molecular complexity index is 478. The minimum atomic E-state index is -0.206. The average molecular weight is 353 g/mol. The van der Waals surface area contributed by atoms with Crippen LogP contribution in [0, 0.1) is 0 Å². The lowest BCUT2D eigenvalue weighted by Crippen LogP contribution is -2.36. The smallest absolute Gasteiger partial charge is 0.257 e. The van der Waals surface area contributed by atoms with Crippen LogP contribution in [-0.4, -0.2) is 58.4 Å². The molecule has 0 heterocycles. The molecule has 0 atom stereocenters. The minimum absolute atomic E-state index is 0. The Kier molecular flexibility index (Phi) is 9.93. The lowest BCUT2D eigenvalue weighted by atomic mass is 10.1. The van der Waals surface area contributed by atoms with Crippen LogP contribution in [0.1, 0.15) is 10.4 Å². The van der Waals surface area contributed by atoms with Gasteiger partial charge in [-0.3, -0.25) is 4.79 Å². The second-order valence-corrected chi connectivity index (χ2v) is 4.76. The number of amides is 1. The molecule has 1 amide bonds. The summed E-state index contributed by atoms with van der Waals surface area (Å²) in [6.45, 7) is 1.76. The van der Waals surface area contributed by atoms with Gasteiger partial charge in [0.25, 0.3) is 5.91 Å². The first-order valence-electron chi connectivity index (χ1n) is 6.45. The number of nitrogens with zero attached hydrogens (tertiary/aromatic N) is 1. The van der Waals surface area contributed by atoms with Gasteiger partial charge in [0.15, 0.2) is 0 Å². The van der Waals surface area contributed by atoms with Crippen LogP contribution >= 0.6 is 24.0 Å². The third-order valence-electron chi connectivity index (χ3n) is 2.97. The van der Waals surface area contributed by atoms with E-state index in [1.54, 1.807) is 25.2 Å². The number of rotatable bonds is 8. The zero-order chi connectivity index (χ0) is 15.8. The van der Waals surface area contributed by atoms with E-state index in [4.69, 9.17) is 31.5 Å². The van der Waals surface area contributed by atoms with Crippen molar-refractivity contribution in [3.8, 4) is 5.75 Å². The van der Waals surface area contributed by atoms with Gasteiger partial charge in [0.1, 0.15) is 5.75 Å². The first-order chi connectivity index (χ1) is 10.0. The number of hydrogen-bond donors (Lipinski definition) is 1. The van der Waals surface area contributed by atoms with E-state index in [1.807, 2.05) is 0 Å². The largest absolute Gasteiger partial charge is 0.496 e. The number of nitrogens with two attached hydrogens (primary N) is 1. The maximum Gasteiger partial charge on any atom is 0.257 e. The summed E-state index contributed by atoms with van der Waals surface area (Å²) in [5.41, 5.74) is 6.46. The number of hydrogen-bond acceptors (Lipinski definition) is 5. The zero-order valence-electron chi connectivity index (χ0n) is 12.9. The summed E-state index contributed by atoms with van der Waals surface area (Å²) in [5.74, 6) is 0.185. The highest BCUT2D eigenvalue weighted by Crippen LogP contribution is 2.29. The van der Waals surface area contributed by atoms with E-state index in [9.17, 15) is 4.79 Å². The van der Waals surface area contributed by atoms with Crippen molar-refractivity contribution < 1.29 is 19.0 Å². The Morgan fingerprint density at radius 2 is 1.73 bits per heavy atom. The normalized spacial score (nSPS) is 10.0. The summed E-state index contributed by atoms with van der Waals surface area (Å²) in [5, 5.41) is 0.317. The Morgan fingerprint density at radius 1 is 1.18 bits per heavy atom. The van der Waals surface area contributed by atoms with Gasteiger partial charge in [-0.05, 0) is 6.07 Å². The van der Waals surface area contributed by atoms with Crippen LogP contribution < -0.4 is 10.5 Å². The standard InChI is InChI=1S/C14H21ClN2O4.ClH/c1-19-6-4-17(5-7-20-2)14(18)10-8-11(15)12(16)9-13(10)21-3;/h8-9H,4-7,16H2,1-3H3;1H. The molecule has 0 bridgehead atoms. The van der Waals surface area contributed by atoms with Gasteiger partial charge < -0.3 is 24.8 Å². The Hall–Kier alpha value is -1.21. The van der Waals surface area contributed by atoms with E-state index in [2.05, 4.69) is 0 Å². The third kappa shape index (κ3) is 5.53. The molecule has 0 saturated heterocycles. The van der Waals surface area contributed by atoms with E-state index in [1.165, 1.54) is 13.2 Å². The molecule has 6 nitrogen and oxygen atoms in total. The summed E-state index contributed by atoms with van der Waals surface area (Å²) in [6.07, 6.45) is 0. The van der Waals surface area contributed by atoms with Crippen molar-refractivity contribution in [2.75, 3.05) is 53.4 Å². The van der Waals surface area contributed by atoms with Crippen LogP contribution in [0.15, 0.2) is 12.1 Å². The van der Waals surface area contributed by atoms with Gasteiger partial charge in [-0.2, -0.15) is 0 Å². The lowest BCUT2D eigenvalue weighted by molar-refractivity contribution is 0.0624. The quantitative estimate of drug-likeness (QED) is 0.725. The first kappa shape index (κ1) is 20.8. The molecule has 126 valence electrons. The number of methoxy groups -OCH3 is 3. The van der Waals surface area contributed by atoms with Gasteiger partial charge in [0, 0.05) is 33.4 Å². The predicted molar refractivity (Wildman–Crippen MR) is 89.3 cm³/mol. The molecule has 8 heteroatoms. The molecule has 22 heavy (non-hydrogen) atoms. The van der Waals surface area contributed by atoms with Gasteiger partial charge in [-0.1, -0.05) is 11.6 Å². The minimum Gasteiger partial charge on any atom is -0.496 e. The van der Waals surface area contributed by atoms with Crippen LogP contribution in [0.5, 0.6) is 5.75 Å². The van der Waals surface area contributed by atoms with E-state index in [-0.39, 0.29) is 18.3 Å². The SMILES string of the molecule is COCCN(CCOC)C(=O)c1cc(Cl)c(N)cc1OC.Cl. The zero-order valence-corrected chi connectivity index (χ0v) is 14.5. The summed E-state index contributed by atoms with van der Waals surface area (Å²) in [4.78, 5) is 14.3. The van der Waals surface area contributed by atoms with Crippen molar-refractivity contribution >= 4 is 35.6 Å². The van der Waals surface area contributed by atoms with Crippen molar-refractivity contribution in [2.24, 2.45) is 0 Å². The third-order valence-corrected chi connectivity index (χ3v) is 3.29. The van der Waals surface area contributed by atoms with Crippen molar-refractivity contribution in [1.29, 1.82) is 0 Å². The Morgan fingerprint density at radius 3 is 2.18 bits per heavy atom. The second kappa shape index (κ2) is 10.5. The van der Waals surface area contributed by atoms with Crippen LogP contribution in [0.4, 0.5) is 5.69 Å². The molecule has 1 aromatic rings. The highest BCUT2D eigenvalue weighted by Gasteiger charge is 2.20. The van der Waals surface area contributed by atoms with E-state index >= 15 is 0 Å². The molecule has 0 saturated carbocycles. The maximum absolute atomic E-state index is 12.6. The second-order valence-electron chi connectivity index (χ2n) is 4.35. The number of anilines is 1. The first-order valence-corrected chi connectivity index (χ1v) is 6.83. The fourth-order valence-corrected chi connectivity index (χ4v) is 1.96. The Labute approximate surface area is 141 Å². The molecule has 0 fully saturated rings. The van der Waals surface area contributed by atoms with Crippen molar-refractivity contribution in [2.45, 2.75) is 0 Å². The Balaban J connectivity index is 0.00000441. The molecule has 0 aliphatic rings. The number of ether oxygens (including phenoxy) is 3. The average Bonchev–Trinajstić information content (AvgIpc) is 2.49. The topological polar surface area (TPSA) is 74.0 Å². The maximum atomic E-state index is 12.6. The predicted octanol–water partition coefficient (Wildman–Crippen LogP) is 2.09. The van der Waals surface area contributed by atoms with Gasteiger partial charge in [-0.25, -0.2) is 0 Å². The molecular formula is C14H22Cl2N2O4. The molecule has 1 rings (SSSR count). The monoisotopic (exact) mass is 352 g/mol. The fraction of sp³-hybridized carbons (Fsp3) is 0.500. The summed E-state index contributed by atoms with van der Waals surface area (Å²) < 4.78 is 15.3. The molecule has 0 spiro atoms.